The van der Waals surface area contributed by atoms with Gasteiger partial charge >= 0.3 is 6.18 Å². The fourth-order valence-corrected chi connectivity index (χ4v) is 1.72. The maximum Gasteiger partial charge on any atom is 0.416 e. The molecule has 0 bridgehead atoms. The molecule has 3 nitrogen and oxygen atoms in total. The van der Waals surface area contributed by atoms with Gasteiger partial charge in [-0.15, -0.1) is 0 Å². The first-order valence-electron chi connectivity index (χ1n) is 6.27. The molecule has 2 N–H and O–H groups in total. The molecule has 1 rings (SSSR count). The lowest BCUT2D eigenvalue weighted by molar-refractivity contribution is -0.137. The molecule has 0 radical (unpaired) electrons. The molecule has 0 aromatic heterocycles. The fourth-order valence-electron chi connectivity index (χ4n) is 1.47. The zero-order valence-corrected chi connectivity index (χ0v) is 12.1. The monoisotopic (exact) mass is 306 g/mol. The van der Waals surface area contributed by atoms with Gasteiger partial charge in [-0.3, -0.25) is 0 Å². The van der Waals surface area contributed by atoms with Crippen LogP contribution in [0.1, 0.15) is 25.8 Å². The number of ether oxygens (including phenoxy) is 1. The number of thiocarbonyl (C=S) groups is 1. The molecule has 0 unspecified atom stereocenters. The molecule has 20 heavy (non-hydrogen) atoms. The zero-order valence-electron chi connectivity index (χ0n) is 11.3. The van der Waals surface area contributed by atoms with E-state index in [0.29, 0.717) is 18.9 Å². The standard InChI is InChI=1S/C13H17F3N2OS/c1-3-7-19-11-6-5-9(13(14,15)16)8-10(11)18-12(20)17-4-2/h5-6,8H,3-4,7H2,1-2H3,(H2,17,18,20). The summed E-state index contributed by atoms with van der Waals surface area (Å²) in [4.78, 5) is 0. The van der Waals surface area contributed by atoms with Crippen molar-refractivity contribution in [2.75, 3.05) is 18.5 Å². The highest BCUT2D eigenvalue weighted by atomic mass is 32.1. The van der Waals surface area contributed by atoms with Crippen molar-refractivity contribution in [1.29, 1.82) is 0 Å². The lowest BCUT2D eigenvalue weighted by Crippen LogP contribution is -2.28. The minimum Gasteiger partial charge on any atom is -0.491 e. The molecule has 7 heteroatoms. The first-order chi connectivity index (χ1) is 9.38. The largest absolute Gasteiger partial charge is 0.491 e. The van der Waals surface area contributed by atoms with E-state index >= 15 is 0 Å². The highest BCUT2D eigenvalue weighted by Crippen LogP contribution is 2.35. The Hall–Kier alpha value is -1.50. The molecule has 0 heterocycles. The van der Waals surface area contributed by atoms with Crippen molar-refractivity contribution in [3.8, 4) is 5.75 Å². The van der Waals surface area contributed by atoms with Crippen molar-refractivity contribution in [2.24, 2.45) is 0 Å². The van der Waals surface area contributed by atoms with Crippen LogP contribution in [0.5, 0.6) is 5.75 Å². The maximum absolute atomic E-state index is 12.7. The van der Waals surface area contributed by atoms with Gasteiger partial charge in [0.05, 0.1) is 17.9 Å². The number of hydrogen-bond acceptors (Lipinski definition) is 2. The van der Waals surface area contributed by atoms with E-state index in [-0.39, 0.29) is 10.8 Å². The van der Waals surface area contributed by atoms with E-state index in [4.69, 9.17) is 17.0 Å². The van der Waals surface area contributed by atoms with Gasteiger partial charge in [-0.2, -0.15) is 13.2 Å². The molecule has 112 valence electrons. The van der Waals surface area contributed by atoms with Gasteiger partial charge in [0.2, 0.25) is 0 Å². The molecule has 0 saturated carbocycles. The molecule has 0 atom stereocenters. The van der Waals surface area contributed by atoms with Gasteiger partial charge in [-0.25, -0.2) is 0 Å². The summed E-state index contributed by atoms with van der Waals surface area (Å²) in [6.07, 6.45) is -3.64. The van der Waals surface area contributed by atoms with Crippen molar-refractivity contribution < 1.29 is 17.9 Å². The molecule has 1 aromatic carbocycles. The molecule has 1 aromatic rings. The van der Waals surface area contributed by atoms with E-state index in [9.17, 15) is 13.2 Å². The lowest BCUT2D eigenvalue weighted by Gasteiger charge is -2.16. The van der Waals surface area contributed by atoms with Crippen molar-refractivity contribution >= 4 is 23.0 Å². The summed E-state index contributed by atoms with van der Waals surface area (Å²) in [6, 6.07) is 3.29. The highest BCUT2D eigenvalue weighted by Gasteiger charge is 2.31. The molecule has 0 fully saturated rings. The van der Waals surface area contributed by atoms with Crippen LogP contribution in [0.15, 0.2) is 18.2 Å². The fraction of sp³-hybridized carbons (Fsp3) is 0.462. The van der Waals surface area contributed by atoms with E-state index in [1.165, 1.54) is 6.07 Å². The molecule has 0 spiro atoms. The Bertz CT molecular complexity index is 463. The van der Waals surface area contributed by atoms with Gasteiger partial charge in [0.1, 0.15) is 5.75 Å². The summed E-state index contributed by atoms with van der Waals surface area (Å²) in [5.74, 6) is 0.347. The van der Waals surface area contributed by atoms with Crippen LogP contribution in [0.25, 0.3) is 0 Å². The number of halogens is 3. The van der Waals surface area contributed by atoms with Crippen LogP contribution < -0.4 is 15.4 Å². The molecular formula is C13H17F3N2OS. The van der Waals surface area contributed by atoms with E-state index in [2.05, 4.69) is 10.6 Å². The minimum absolute atomic E-state index is 0.208. The summed E-state index contributed by atoms with van der Waals surface area (Å²) in [5.41, 5.74) is -0.539. The van der Waals surface area contributed by atoms with Gasteiger partial charge in [0.15, 0.2) is 5.11 Å². The minimum atomic E-state index is -4.40. The van der Waals surface area contributed by atoms with Crippen molar-refractivity contribution in [3.63, 3.8) is 0 Å². The van der Waals surface area contributed by atoms with Crippen LogP contribution in [-0.4, -0.2) is 18.3 Å². The maximum atomic E-state index is 12.7. The Morgan fingerprint density at radius 2 is 2.00 bits per heavy atom. The summed E-state index contributed by atoms with van der Waals surface area (Å²) < 4.78 is 43.6. The predicted octanol–water partition coefficient (Wildman–Crippen LogP) is 3.80. The number of benzene rings is 1. The SMILES string of the molecule is CCCOc1ccc(C(F)(F)F)cc1NC(=S)NCC. The third kappa shape index (κ3) is 4.88. The van der Waals surface area contributed by atoms with Crippen molar-refractivity contribution in [3.05, 3.63) is 23.8 Å². The van der Waals surface area contributed by atoms with E-state index in [0.717, 1.165) is 18.6 Å². The zero-order chi connectivity index (χ0) is 15.2. The lowest BCUT2D eigenvalue weighted by atomic mass is 10.2. The first kappa shape index (κ1) is 16.6. The van der Waals surface area contributed by atoms with Crippen LogP contribution >= 0.6 is 12.2 Å². The normalized spacial score (nSPS) is 11.1. The molecule has 0 aliphatic heterocycles. The Morgan fingerprint density at radius 3 is 2.55 bits per heavy atom. The van der Waals surface area contributed by atoms with Gasteiger partial charge in [0.25, 0.3) is 0 Å². The number of hydrogen-bond donors (Lipinski definition) is 2. The van der Waals surface area contributed by atoms with Gasteiger partial charge in [-0.05, 0) is 43.8 Å². The number of nitrogens with one attached hydrogen (secondary N) is 2. The average Bonchev–Trinajstić information content (AvgIpc) is 2.36. The second-order valence-electron chi connectivity index (χ2n) is 4.04. The smallest absolute Gasteiger partial charge is 0.416 e. The Morgan fingerprint density at radius 1 is 1.30 bits per heavy atom. The van der Waals surface area contributed by atoms with Crippen LogP contribution in [0, 0.1) is 0 Å². The van der Waals surface area contributed by atoms with Gasteiger partial charge < -0.3 is 15.4 Å². The van der Waals surface area contributed by atoms with Gasteiger partial charge in [0, 0.05) is 6.54 Å². The van der Waals surface area contributed by atoms with Crippen molar-refractivity contribution in [1.82, 2.24) is 5.32 Å². The van der Waals surface area contributed by atoms with E-state index in [1.807, 2.05) is 13.8 Å². The average molecular weight is 306 g/mol. The molecule has 0 aliphatic rings. The van der Waals surface area contributed by atoms with E-state index < -0.39 is 11.7 Å². The van der Waals surface area contributed by atoms with Crippen LogP contribution in [0.3, 0.4) is 0 Å². The Labute approximate surface area is 121 Å². The van der Waals surface area contributed by atoms with E-state index in [1.54, 1.807) is 0 Å². The Balaban J connectivity index is 3.02. The second kappa shape index (κ2) is 7.33. The summed E-state index contributed by atoms with van der Waals surface area (Å²) in [5, 5.41) is 5.80. The summed E-state index contributed by atoms with van der Waals surface area (Å²) in [6.45, 7) is 4.76. The summed E-state index contributed by atoms with van der Waals surface area (Å²) >= 11 is 4.99. The highest BCUT2D eigenvalue weighted by molar-refractivity contribution is 7.80. The quantitative estimate of drug-likeness (QED) is 0.811. The summed E-state index contributed by atoms with van der Waals surface area (Å²) in [7, 11) is 0. The number of alkyl halides is 3. The second-order valence-corrected chi connectivity index (χ2v) is 4.45. The number of rotatable bonds is 5. The van der Waals surface area contributed by atoms with Gasteiger partial charge in [-0.1, -0.05) is 6.92 Å². The topological polar surface area (TPSA) is 33.3 Å². The third-order valence-corrected chi connectivity index (χ3v) is 2.60. The van der Waals surface area contributed by atoms with Crippen LogP contribution in [-0.2, 0) is 6.18 Å². The predicted molar refractivity (Wildman–Crippen MR) is 77.1 cm³/mol. The van der Waals surface area contributed by atoms with Crippen molar-refractivity contribution in [2.45, 2.75) is 26.4 Å². The molecule has 0 amide bonds. The number of anilines is 1. The Kier molecular flexibility index (Phi) is 6.06. The van der Waals surface area contributed by atoms with Crippen LogP contribution in [0.2, 0.25) is 0 Å². The molecule has 0 saturated heterocycles. The van der Waals surface area contributed by atoms with Crippen LogP contribution in [0.4, 0.5) is 18.9 Å². The first-order valence-corrected chi connectivity index (χ1v) is 6.68. The third-order valence-electron chi connectivity index (χ3n) is 2.35. The molecular weight excluding hydrogens is 289 g/mol. The molecule has 0 aliphatic carbocycles.